The molecular formula is C12H18NO+. The van der Waals surface area contributed by atoms with Crippen molar-refractivity contribution in [3.8, 4) is 0 Å². The Bertz CT molecular complexity index is 321. The quantitative estimate of drug-likeness (QED) is 0.535. The molecule has 0 aromatic rings. The van der Waals surface area contributed by atoms with Gasteiger partial charge in [-0.15, -0.1) is 0 Å². The molecule has 0 radical (unpaired) electrons. The number of aliphatic hydroxyl groups excluding tert-OH is 1. The number of allylic oxidation sites excluding steroid dienone is 3. The zero-order valence-corrected chi connectivity index (χ0v) is 8.95. The van der Waals surface area contributed by atoms with Crippen LogP contribution in [-0.4, -0.2) is 29.6 Å². The maximum atomic E-state index is 9.59. The van der Waals surface area contributed by atoms with E-state index in [4.69, 9.17) is 0 Å². The highest BCUT2D eigenvalue weighted by molar-refractivity contribution is 5.46. The lowest BCUT2D eigenvalue weighted by Crippen LogP contribution is -2.14. The van der Waals surface area contributed by atoms with Crippen LogP contribution in [0.2, 0.25) is 0 Å². The second kappa shape index (κ2) is 4.38. The fourth-order valence-electron chi connectivity index (χ4n) is 1.58. The van der Waals surface area contributed by atoms with Crippen LogP contribution < -0.4 is 0 Å². The van der Waals surface area contributed by atoms with E-state index in [9.17, 15) is 5.11 Å². The van der Waals surface area contributed by atoms with Gasteiger partial charge < -0.3 is 5.11 Å². The van der Waals surface area contributed by atoms with Crippen LogP contribution in [0, 0.1) is 0 Å². The first-order valence-electron chi connectivity index (χ1n) is 4.86. The van der Waals surface area contributed by atoms with Gasteiger partial charge >= 0.3 is 0 Å². The van der Waals surface area contributed by atoms with Crippen molar-refractivity contribution in [2.24, 2.45) is 0 Å². The zero-order chi connectivity index (χ0) is 10.7. The van der Waals surface area contributed by atoms with Crippen molar-refractivity contribution in [2.75, 3.05) is 7.05 Å². The minimum absolute atomic E-state index is 0.432. The predicted octanol–water partition coefficient (Wildman–Crippen LogP) is 1.87. The largest absolute Gasteiger partial charge is 0.389 e. The third kappa shape index (κ3) is 2.20. The number of hydrogen-bond acceptors (Lipinski definition) is 1. The van der Waals surface area contributed by atoms with Gasteiger partial charge in [-0.25, -0.2) is 4.58 Å². The van der Waals surface area contributed by atoms with E-state index in [1.807, 2.05) is 7.05 Å². The smallest absolute Gasteiger partial charge is 0.204 e. The molecule has 0 bridgehead atoms. The number of nitrogens with zero attached hydrogens (tertiary/aromatic N) is 1. The lowest BCUT2D eigenvalue weighted by atomic mass is 9.92. The first-order chi connectivity index (χ1) is 6.54. The first-order valence-corrected chi connectivity index (χ1v) is 4.86. The molecule has 2 nitrogen and oxygen atoms in total. The number of likely N-dealkylation sites (N-methyl/N-ethyl adjacent to an activating group) is 1. The maximum Gasteiger partial charge on any atom is 0.204 e. The Morgan fingerprint density at radius 3 is 2.57 bits per heavy atom. The summed E-state index contributed by atoms with van der Waals surface area (Å²) in [5, 5.41) is 9.59. The molecule has 1 aliphatic rings. The average molecular weight is 192 g/mol. The van der Waals surface area contributed by atoms with Gasteiger partial charge in [-0.05, 0) is 31.9 Å². The molecule has 0 heterocycles. The molecule has 0 fully saturated rings. The van der Waals surface area contributed by atoms with Gasteiger partial charge in [0.25, 0.3) is 0 Å². The summed E-state index contributed by atoms with van der Waals surface area (Å²) >= 11 is 0. The molecule has 1 rings (SSSR count). The van der Waals surface area contributed by atoms with Gasteiger partial charge in [0, 0.05) is 5.57 Å². The lowest BCUT2D eigenvalue weighted by Gasteiger charge is -2.17. The Kier molecular flexibility index (Phi) is 3.42. The zero-order valence-electron chi connectivity index (χ0n) is 8.95. The normalized spacial score (nSPS) is 18.2. The minimum atomic E-state index is -0.432. The third-order valence-electron chi connectivity index (χ3n) is 2.41. The molecule has 14 heavy (non-hydrogen) atoms. The predicted molar refractivity (Wildman–Crippen MR) is 59.5 cm³/mol. The van der Waals surface area contributed by atoms with E-state index < -0.39 is 6.10 Å². The average Bonchev–Trinajstić information content (AvgIpc) is 2.16. The van der Waals surface area contributed by atoms with Crippen LogP contribution in [0.25, 0.3) is 0 Å². The molecule has 0 aromatic heterocycles. The van der Waals surface area contributed by atoms with Crippen molar-refractivity contribution in [1.82, 2.24) is 0 Å². The molecule has 0 amide bonds. The topological polar surface area (TPSA) is 23.2 Å². The van der Waals surface area contributed by atoms with Crippen molar-refractivity contribution in [2.45, 2.75) is 25.9 Å². The van der Waals surface area contributed by atoms with Crippen molar-refractivity contribution in [3.63, 3.8) is 0 Å². The summed E-state index contributed by atoms with van der Waals surface area (Å²) in [4.78, 5) is 0. The monoisotopic (exact) mass is 192 g/mol. The molecule has 1 aliphatic carbocycles. The molecule has 0 spiro atoms. The maximum absolute atomic E-state index is 9.59. The molecular weight excluding hydrogens is 174 g/mol. The minimum Gasteiger partial charge on any atom is -0.389 e. The Morgan fingerprint density at radius 1 is 1.50 bits per heavy atom. The summed E-state index contributed by atoms with van der Waals surface area (Å²) in [7, 11) is 1.86. The second-order valence-corrected chi connectivity index (χ2v) is 3.68. The number of aliphatic hydroxyl groups is 1. The summed E-state index contributed by atoms with van der Waals surface area (Å²) in [6.45, 7) is 9.52. The van der Waals surface area contributed by atoms with E-state index in [1.165, 1.54) is 0 Å². The molecule has 0 saturated heterocycles. The third-order valence-corrected chi connectivity index (χ3v) is 2.41. The van der Waals surface area contributed by atoms with E-state index in [1.54, 1.807) is 11.5 Å². The van der Waals surface area contributed by atoms with Gasteiger partial charge in [0.05, 0.1) is 6.10 Å². The Hall–Kier alpha value is -1.15. The van der Waals surface area contributed by atoms with Crippen molar-refractivity contribution in [3.05, 3.63) is 35.6 Å². The van der Waals surface area contributed by atoms with Gasteiger partial charge in [0.2, 0.25) is 5.70 Å². The van der Waals surface area contributed by atoms with Gasteiger partial charge in [-0.2, -0.15) is 0 Å². The van der Waals surface area contributed by atoms with Crippen LogP contribution in [0.4, 0.5) is 0 Å². The van der Waals surface area contributed by atoms with Gasteiger partial charge in [0.1, 0.15) is 13.8 Å². The molecule has 1 N–H and O–H groups in total. The summed E-state index contributed by atoms with van der Waals surface area (Å²) in [6.07, 6.45) is 5.77. The Morgan fingerprint density at radius 2 is 2.07 bits per heavy atom. The van der Waals surface area contributed by atoms with Crippen LogP contribution in [0.15, 0.2) is 35.6 Å². The highest BCUT2D eigenvalue weighted by Gasteiger charge is 2.20. The summed E-state index contributed by atoms with van der Waals surface area (Å²) in [5.41, 5.74) is 2.86. The fourth-order valence-corrected chi connectivity index (χ4v) is 1.58. The van der Waals surface area contributed by atoms with E-state index in [0.29, 0.717) is 0 Å². The van der Waals surface area contributed by atoms with E-state index in [2.05, 4.69) is 25.4 Å². The summed E-state index contributed by atoms with van der Waals surface area (Å²) in [5.74, 6) is 0. The molecule has 1 unspecified atom stereocenters. The van der Waals surface area contributed by atoms with Gasteiger partial charge in [-0.3, -0.25) is 0 Å². The SMILES string of the molecule is C=C(C1=CCCC=C1C(C)O)[N+](=C)C. The molecule has 2 heteroatoms. The van der Waals surface area contributed by atoms with Crippen LogP contribution >= 0.6 is 0 Å². The standard InChI is InChI=1S/C12H18NO/c1-9(13(3)4)11-7-5-6-8-12(11)10(2)14/h7-8,10,14H,1,3,5-6H2,2,4H3/q+1. The first kappa shape index (κ1) is 10.9. The van der Waals surface area contributed by atoms with Crippen molar-refractivity contribution in [1.29, 1.82) is 0 Å². The fraction of sp³-hybridized carbons (Fsp3) is 0.417. The second-order valence-electron chi connectivity index (χ2n) is 3.68. The van der Waals surface area contributed by atoms with Crippen LogP contribution in [0.5, 0.6) is 0 Å². The number of rotatable bonds is 3. The van der Waals surface area contributed by atoms with Crippen molar-refractivity contribution < 1.29 is 9.68 Å². The van der Waals surface area contributed by atoms with Crippen molar-refractivity contribution >= 4 is 6.72 Å². The Labute approximate surface area is 85.6 Å². The van der Waals surface area contributed by atoms with Gasteiger partial charge in [0.15, 0.2) is 0 Å². The highest BCUT2D eigenvalue weighted by Crippen LogP contribution is 2.26. The molecule has 0 aromatic carbocycles. The van der Waals surface area contributed by atoms with E-state index in [0.717, 1.165) is 29.7 Å². The van der Waals surface area contributed by atoms with Gasteiger partial charge in [-0.1, -0.05) is 12.2 Å². The van der Waals surface area contributed by atoms with E-state index in [-0.39, 0.29) is 0 Å². The number of hydrogen-bond donors (Lipinski definition) is 1. The van der Waals surface area contributed by atoms with E-state index >= 15 is 0 Å². The lowest BCUT2D eigenvalue weighted by molar-refractivity contribution is -0.429. The Balaban J connectivity index is 2.97. The summed E-state index contributed by atoms with van der Waals surface area (Å²) in [6, 6.07) is 0. The summed E-state index contributed by atoms with van der Waals surface area (Å²) < 4.78 is 1.73. The van der Waals surface area contributed by atoms with Crippen LogP contribution in [0.3, 0.4) is 0 Å². The van der Waals surface area contributed by atoms with Crippen LogP contribution in [0.1, 0.15) is 19.8 Å². The van der Waals surface area contributed by atoms with Crippen LogP contribution in [-0.2, 0) is 0 Å². The highest BCUT2D eigenvalue weighted by atomic mass is 16.3. The molecule has 1 atom stereocenters. The molecule has 0 saturated carbocycles. The molecule has 76 valence electrons. The molecule has 0 aliphatic heterocycles.